The Labute approximate surface area is 162 Å². The fourth-order valence-corrected chi connectivity index (χ4v) is 3.57. The summed E-state index contributed by atoms with van der Waals surface area (Å²) in [5.74, 6) is 0.179. The lowest BCUT2D eigenvalue weighted by atomic mass is 9.91. The molecule has 8 heteroatoms. The van der Waals surface area contributed by atoms with Gasteiger partial charge in [-0.2, -0.15) is 18.3 Å². The van der Waals surface area contributed by atoms with Gasteiger partial charge < -0.3 is 4.90 Å². The molecule has 0 bridgehead atoms. The summed E-state index contributed by atoms with van der Waals surface area (Å²) in [6.45, 7) is 8.72. The van der Waals surface area contributed by atoms with Crippen LogP contribution in [0.5, 0.6) is 0 Å². The van der Waals surface area contributed by atoms with Crippen molar-refractivity contribution >= 4 is 11.6 Å². The number of halogens is 3. The number of fused-ring (bicyclic) bond motifs is 1. The maximum absolute atomic E-state index is 13.6. The average molecular weight is 396 g/mol. The molecule has 0 aromatic carbocycles. The van der Waals surface area contributed by atoms with Crippen LogP contribution in [0.25, 0.3) is 5.65 Å². The number of likely N-dealkylation sites (tertiary alicyclic amines) is 1. The van der Waals surface area contributed by atoms with Gasteiger partial charge in [-0.3, -0.25) is 4.79 Å². The first-order valence-electron chi connectivity index (χ1n) is 9.77. The van der Waals surface area contributed by atoms with Crippen LogP contribution in [0.4, 0.5) is 13.2 Å². The summed E-state index contributed by atoms with van der Waals surface area (Å²) in [6.07, 6.45) is -1.76. The Morgan fingerprint density at radius 2 is 1.82 bits per heavy atom. The lowest BCUT2D eigenvalue weighted by molar-refractivity contribution is -0.142. The third-order valence-electron chi connectivity index (χ3n) is 5.23. The van der Waals surface area contributed by atoms with Crippen molar-refractivity contribution in [3.63, 3.8) is 0 Å². The molecule has 0 atom stereocenters. The highest BCUT2D eigenvalue weighted by Gasteiger charge is 2.37. The molecule has 1 fully saturated rings. The number of rotatable bonds is 3. The maximum atomic E-state index is 13.6. The Hall–Kier alpha value is -2.12. The molecule has 5 nitrogen and oxygen atoms in total. The van der Waals surface area contributed by atoms with Gasteiger partial charge >= 0.3 is 6.18 Å². The molecule has 0 saturated carbocycles. The van der Waals surface area contributed by atoms with Crippen LogP contribution in [0.3, 0.4) is 0 Å². The number of alkyl halides is 3. The lowest BCUT2D eigenvalue weighted by Crippen LogP contribution is -2.37. The number of carbonyl (C=O) groups is 1. The first-order valence-corrected chi connectivity index (χ1v) is 9.77. The van der Waals surface area contributed by atoms with Gasteiger partial charge in [-0.25, -0.2) is 9.50 Å². The second-order valence-electron chi connectivity index (χ2n) is 8.52. The minimum atomic E-state index is -4.51. The van der Waals surface area contributed by atoms with Gasteiger partial charge in [0, 0.05) is 36.9 Å². The molecule has 2 aromatic heterocycles. The van der Waals surface area contributed by atoms with Crippen molar-refractivity contribution < 1.29 is 18.0 Å². The lowest BCUT2D eigenvalue weighted by Gasteiger charge is -2.31. The minimum Gasteiger partial charge on any atom is -0.343 e. The van der Waals surface area contributed by atoms with E-state index in [-0.39, 0.29) is 17.5 Å². The van der Waals surface area contributed by atoms with Crippen LogP contribution >= 0.6 is 0 Å². The van der Waals surface area contributed by atoms with Crippen LogP contribution in [-0.2, 0) is 16.4 Å². The van der Waals surface area contributed by atoms with E-state index in [2.05, 4.69) is 10.1 Å². The summed E-state index contributed by atoms with van der Waals surface area (Å²) < 4.78 is 41.8. The zero-order chi connectivity index (χ0) is 20.7. The highest BCUT2D eigenvalue weighted by Crippen LogP contribution is 2.34. The van der Waals surface area contributed by atoms with Crippen LogP contribution in [-0.4, -0.2) is 38.5 Å². The molecule has 1 saturated heterocycles. The number of hydrogen-bond donors (Lipinski definition) is 0. The van der Waals surface area contributed by atoms with Crippen molar-refractivity contribution in [3.05, 3.63) is 29.2 Å². The SMILES string of the molecule is CCCC(=O)N1CCC(c2cc3nc(C(C)(C)C)cc(C(F)(F)F)n3n2)CC1. The highest BCUT2D eigenvalue weighted by atomic mass is 19.4. The first-order chi connectivity index (χ1) is 13.0. The molecule has 0 radical (unpaired) electrons. The zero-order valence-electron chi connectivity index (χ0n) is 16.8. The Balaban J connectivity index is 1.91. The minimum absolute atomic E-state index is 0.0338. The summed E-state index contributed by atoms with van der Waals surface area (Å²) in [6, 6.07) is 2.76. The Morgan fingerprint density at radius 1 is 1.18 bits per heavy atom. The van der Waals surface area contributed by atoms with Crippen LogP contribution < -0.4 is 0 Å². The normalized spacial score (nSPS) is 16.8. The summed E-state index contributed by atoms with van der Waals surface area (Å²) in [5, 5.41) is 4.26. The van der Waals surface area contributed by atoms with E-state index in [1.165, 1.54) is 0 Å². The highest BCUT2D eigenvalue weighted by molar-refractivity contribution is 5.76. The predicted molar refractivity (Wildman–Crippen MR) is 100 cm³/mol. The monoisotopic (exact) mass is 396 g/mol. The Bertz CT molecular complexity index is 859. The molecule has 0 unspecified atom stereocenters. The third-order valence-corrected chi connectivity index (χ3v) is 5.23. The van der Waals surface area contributed by atoms with E-state index in [0.29, 0.717) is 43.7 Å². The number of amides is 1. The molecule has 154 valence electrons. The van der Waals surface area contributed by atoms with E-state index in [4.69, 9.17) is 0 Å². The summed E-state index contributed by atoms with van der Waals surface area (Å²) in [4.78, 5) is 18.3. The topological polar surface area (TPSA) is 50.5 Å². The van der Waals surface area contributed by atoms with Gasteiger partial charge in [0.15, 0.2) is 5.65 Å². The molecular weight excluding hydrogens is 369 g/mol. The molecule has 3 rings (SSSR count). The predicted octanol–water partition coefficient (Wildman–Crippen LogP) is 4.55. The van der Waals surface area contributed by atoms with Crippen molar-refractivity contribution in [2.75, 3.05) is 13.1 Å². The van der Waals surface area contributed by atoms with Gasteiger partial charge in [0.25, 0.3) is 0 Å². The fourth-order valence-electron chi connectivity index (χ4n) is 3.57. The number of piperidine rings is 1. The molecule has 28 heavy (non-hydrogen) atoms. The van der Waals surface area contributed by atoms with Gasteiger partial charge in [-0.1, -0.05) is 27.7 Å². The van der Waals surface area contributed by atoms with Gasteiger partial charge in [-0.15, -0.1) is 0 Å². The molecule has 0 N–H and O–H groups in total. The van der Waals surface area contributed by atoms with Crippen molar-refractivity contribution in [2.45, 2.75) is 70.9 Å². The molecule has 0 aliphatic carbocycles. The van der Waals surface area contributed by atoms with Crippen LogP contribution in [0, 0.1) is 0 Å². The van der Waals surface area contributed by atoms with Crippen molar-refractivity contribution in [1.82, 2.24) is 19.5 Å². The molecule has 1 aliphatic rings. The molecule has 0 spiro atoms. The summed E-state index contributed by atoms with van der Waals surface area (Å²) in [7, 11) is 0. The van der Waals surface area contributed by atoms with Gasteiger partial charge in [-0.05, 0) is 25.3 Å². The average Bonchev–Trinajstić information content (AvgIpc) is 3.03. The Morgan fingerprint density at radius 3 is 2.36 bits per heavy atom. The van der Waals surface area contributed by atoms with Crippen molar-refractivity contribution in [2.24, 2.45) is 0 Å². The molecule has 1 amide bonds. The summed E-state index contributed by atoms with van der Waals surface area (Å²) >= 11 is 0. The van der Waals surface area contributed by atoms with Crippen LogP contribution in [0.2, 0.25) is 0 Å². The summed E-state index contributed by atoms with van der Waals surface area (Å²) in [5.41, 5.74) is -0.0779. The standard InChI is InChI=1S/C20H27F3N4O/c1-5-6-18(28)26-9-7-13(8-10-26)14-11-17-24-15(19(2,3)4)12-16(20(21,22)23)27(17)25-14/h11-13H,5-10H2,1-4H3. The maximum Gasteiger partial charge on any atom is 0.433 e. The van der Waals surface area contributed by atoms with Crippen LogP contribution in [0.15, 0.2) is 12.1 Å². The second kappa shape index (κ2) is 7.37. The number of hydrogen-bond acceptors (Lipinski definition) is 3. The van der Waals surface area contributed by atoms with Crippen LogP contribution in [0.1, 0.15) is 76.4 Å². The molecule has 1 aliphatic heterocycles. The van der Waals surface area contributed by atoms with Gasteiger partial charge in [0.2, 0.25) is 5.91 Å². The zero-order valence-corrected chi connectivity index (χ0v) is 16.8. The second-order valence-corrected chi connectivity index (χ2v) is 8.52. The smallest absolute Gasteiger partial charge is 0.343 e. The van der Waals surface area contributed by atoms with E-state index < -0.39 is 17.3 Å². The van der Waals surface area contributed by atoms with Gasteiger partial charge in [0.05, 0.1) is 11.4 Å². The number of carbonyl (C=O) groups excluding carboxylic acids is 1. The van der Waals surface area contributed by atoms with E-state index in [9.17, 15) is 18.0 Å². The van der Waals surface area contributed by atoms with Crippen molar-refractivity contribution in [1.29, 1.82) is 0 Å². The quantitative estimate of drug-likeness (QED) is 0.765. The van der Waals surface area contributed by atoms with E-state index in [0.717, 1.165) is 17.0 Å². The third kappa shape index (κ3) is 4.15. The van der Waals surface area contributed by atoms with E-state index in [1.54, 1.807) is 6.07 Å². The molecule has 2 aromatic rings. The molecular formula is C20H27F3N4O. The molecule has 3 heterocycles. The fraction of sp³-hybridized carbons (Fsp3) is 0.650. The Kier molecular flexibility index (Phi) is 5.42. The van der Waals surface area contributed by atoms with E-state index in [1.807, 2.05) is 32.6 Å². The first kappa shape index (κ1) is 20.6. The van der Waals surface area contributed by atoms with Crippen molar-refractivity contribution in [3.8, 4) is 0 Å². The van der Waals surface area contributed by atoms with E-state index >= 15 is 0 Å². The number of aromatic nitrogens is 3. The largest absolute Gasteiger partial charge is 0.433 e. The number of nitrogens with zero attached hydrogens (tertiary/aromatic N) is 4. The van der Waals surface area contributed by atoms with Gasteiger partial charge in [0.1, 0.15) is 5.69 Å².